The van der Waals surface area contributed by atoms with Crippen molar-refractivity contribution in [3.63, 3.8) is 0 Å². The Bertz CT molecular complexity index is 274. The zero-order valence-electron chi connectivity index (χ0n) is 9.82. The summed E-state index contributed by atoms with van der Waals surface area (Å²) >= 11 is 0. The highest BCUT2D eigenvalue weighted by Crippen LogP contribution is 2.42. The molecule has 0 saturated heterocycles. The Hall–Kier alpha value is -0.570. The van der Waals surface area contributed by atoms with Gasteiger partial charge in [0.05, 0.1) is 0 Å². The quantitative estimate of drug-likeness (QED) is 0.742. The predicted molar refractivity (Wildman–Crippen MR) is 62.7 cm³/mol. The molecule has 2 atom stereocenters. The Kier molecular flexibility index (Phi) is 2.66. The van der Waals surface area contributed by atoms with Gasteiger partial charge in [0.2, 0.25) is 5.91 Å². The second-order valence-corrected chi connectivity index (χ2v) is 5.98. The lowest BCUT2D eigenvalue weighted by Crippen LogP contribution is -2.49. The van der Waals surface area contributed by atoms with E-state index in [4.69, 9.17) is 5.73 Å². The molecule has 0 aliphatic heterocycles. The van der Waals surface area contributed by atoms with E-state index in [0.717, 1.165) is 12.8 Å². The van der Waals surface area contributed by atoms with Gasteiger partial charge >= 0.3 is 0 Å². The van der Waals surface area contributed by atoms with Gasteiger partial charge in [-0.2, -0.15) is 0 Å². The minimum Gasteiger partial charge on any atom is -0.353 e. The van der Waals surface area contributed by atoms with Gasteiger partial charge in [-0.1, -0.05) is 6.42 Å². The van der Waals surface area contributed by atoms with Crippen LogP contribution in [0.1, 0.15) is 44.9 Å². The van der Waals surface area contributed by atoms with Crippen molar-refractivity contribution >= 4 is 5.91 Å². The molecule has 0 aromatic rings. The van der Waals surface area contributed by atoms with Gasteiger partial charge < -0.3 is 11.1 Å². The average molecular weight is 222 g/mol. The first-order chi connectivity index (χ1) is 7.74. The molecule has 3 saturated carbocycles. The molecule has 0 aromatic carbocycles. The first-order valence-electron chi connectivity index (χ1n) is 6.80. The fourth-order valence-electron chi connectivity index (χ4n) is 3.55. The number of fused-ring (bicyclic) bond motifs is 2. The second kappa shape index (κ2) is 4.02. The summed E-state index contributed by atoms with van der Waals surface area (Å²) in [6.45, 7) is 0. The third kappa shape index (κ3) is 1.97. The van der Waals surface area contributed by atoms with Crippen LogP contribution in [0.3, 0.4) is 0 Å². The molecule has 3 fully saturated rings. The molecule has 0 aromatic heterocycles. The van der Waals surface area contributed by atoms with Crippen molar-refractivity contribution in [2.45, 2.75) is 57.0 Å². The van der Waals surface area contributed by atoms with Crippen LogP contribution in [-0.2, 0) is 4.79 Å². The molecule has 90 valence electrons. The summed E-state index contributed by atoms with van der Waals surface area (Å²) in [5.74, 6) is 1.80. The van der Waals surface area contributed by atoms with Crippen LogP contribution >= 0.6 is 0 Å². The van der Waals surface area contributed by atoms with Crippen LogP contribution in [0.4, 0.5) is 0 Å². The van der Waals surface area contributed by atoms with Crippen LogP contribution in [0, 0.1) is 17.8 Å². The Balaban J connectivity index is 1.62. The van der Waals surface area contributed by atoms with Gasteiger partial charge in [0, 0.05) is 18.0 Å². The molecular weight excluding hydrogens is 200 g/mol. The predicted octanol–water partition coefficient (Wildman–Crippen LogP) is 1.42. The first kappa shape index (κ1) is 10.6. The zero-order chi connectivity index (χ0) is 11.1. The maximum Gasteiger partial charge on any atom is 0.223 e. The van der Waals surface area contributed by atoms with Crippen LogP contribution in [0.2, 0.25) is 0 Å². The molecule has 0 spiro atoms. The van der Waals surface area contributed by atoms with Crippen molar-refractivity contribution in [2.75, 3.05) is 0 Å². The fraction of sp³-hybridized carbons (Fsp3) is 0.923. The molecular formula is C13H22N2O. The van der Waals surface area contributed by atoms with Gasteiger partial charge in [0.1, 0.15) is 0 Å². The van der Waals surface area contributed by atoms with Crippen molar-refractivity contribution in [2.24, 2.45) is 23.5 Å². The van der Waals surface area contributed by atoms with Crippen molar-refractivity contribution in [3.8, 4) is 0 Å². The summed E-state index contributed by atoms with van der Waals surface area (Å²) in [6.07, 6.45) is 8.25. The SMILES string of the molecule is NC1C2CCCC1CC(C(=O)NC1CC1)C2. The molecule has 0 radical (unpaired) electrons. The molecule has 3 rings (SSSR count). The third-order valence-corrected chi connectivity index (χ3v) is 4.71. The lowest BCUT2D eigenvalue weighted by molar-refractivity contribution is -0.128. The van der Waals surface area contributed by atoms with Crippen molar-refractivity contribution in [1.29, 1.82) is 0 Å². The fourth-order valence-corrected chi connectivity index (χ4v) is 3.55. The third-order valence-electron chi connectivity index (χ3n) is 4.71. The molecule has 2 bridgehead atoms. The van der Waals surface area contributed by atoms with Gasteiger partial charge in [-0.3, -0.25) is 4.79 Å². The van der Waals surface area contributed by atoms with E-state index in [1.54, 1.807) is 0 Å². The van der Waals surface area contributed by atoms with E-state index in [-0.39, 0.29) is 5.92 Å². The van der Waals surface area contributed by atoms with Crippen LogP contribution < -0.4 is 11.1 Å². The summed E-state index contributed by atoms with van der Waals surface area (Å²) < 4.78 is 0. The molecule has 1 amide bonds. The summed E-state index contributed by atoms with van der Waals surface area (Å²) in [6, 6.07) is 0.877. The first-order valence-corrected chi connectivity index (χ1v) is 6.80. The summed E-state index contributed by atoms with van der Waals surface area (Å²) in [4.78, 5) is 12.0. The van der Waals surface area contributed by atoms with Gasteiger partial charge in [0.25, 0.3) is 0 Å². The molecule has 3 aliphatic rings. The van der Waals surface area contributed by atoms with E-state index < -0.39 is 0 Å². The number of amides is 1. The summed E-state index contributed by atoms with van der Waals surface area (Å²) in [5.41, 5.74) is 6.23. The standard InChI is InChI=1S/C13H22N2O/c14-12-8-2-1-3-9(12)7-10(6-8)13(16)15-11-4-5-11/h8-12H,1-7,14H2,(H,15,16). The highest BCUT2D eigenvalue weighted by molar-refractivity contribution is 5.79. The van der Waals surface area contributed by atoms with Gasteiger partial charge in [-0.05, 0) is 50.4 Å². The van der Waals surface area contributed by atoms with Crippen LogP contribution in [0.25, 0.3) is 0 Å². The van der Waals surface area contributed by atoms with Crippen molar-refractivity contribution in [3.05, 3.63) is 0 Å². The Labute approximate surface area is 97.2 Å². The van der Waals surface area contributed by atoms with E-state index in [2.05, 4.69) is 5.32 Å². The minimum absolute atomic E-state index is 0.260. The molecule has 0 heterocycles. The van der Waals surface area contributed by atoms with Crippen molar-refractivity contribution in [1.82, 2.24) is 5.32 Å². The minimum atomic E-state index is 0.260. The van der Waals surface area contributed by atoms with E-state index >= 15 is 0 Å². The number of nitrogens with one attached hydrogen (secondary N) is 1. The maximum atomic E-state index is 12.0. The van der Waals surface area contributed by atoms with Gasteiger partial charge in [-0.25, -0.2) is 0 Å². The highest BCUT2D eigenvalue weighted by atomic mass is 16.2. The molecule has 16 heavy (non-hydrogen) atoms. The monoisotopic (exact) mass is 222 g/mol. The topological polar surface area (TPSA) is 55.1 Å². The van der Waals surface area contributed by atoms with E-state index in [1.807, 2.05) is 0 Å². The molecule has 3 heteroatoms. The van der Waals surface area contributed by atoms with E-state index in [0.29, 0.717) is 29.8 Å². The molecule has 3 N–H and O–H groups in total. The second-order valence-electron chi connectivity index (χ2n) is 5.98. The maximum absolute atomic E-state index is 12.0. The van der Waals surface area contributed by atoms with E-state index in [9.17, 15) is 4.79 Å². The van der Waals surface area contributed by atoms with Crippen LogP contribution in [0.15, 0.2) is 0 Å². The normalized spacial score (nSPS) is 42.8. The number of rotatable bonds is 2. The van der Waals surface area contributed by atoms with Crippen LogP contribution in [-0.4, -0.2) is 18.0 Å². The number of nitrogens with two attached hydrogens (primary N) is 1. The molecule has 2 unspecified atom stereocenters. The van der Waals surface area contributed by atoms with E-state index in [1.165, 1.54) is 32.1 Å². The molecule has 3 nitrogen and oxygen atoms in total. The largest absolute Gasteiger partial charge is 0.353 e. The Morgan fingerprint density at radius 2 is 1.69 bits per heavy atom. The van der Waals surface area contributed by atoms with Gasteiger partial charge in [-0.15, -0.1) is 0 Å². The Morgan fingerprint density at radius 3 is 2.25 bits per heavy atom. The smallest absolute Gasteiger partial charge is 0.223 e. The average Bonchev–Trinajstić information content (AvgIpc) is 3.00. The number of carbonyl (C=O) groups is 1. The number of hydrogen-bond donors (Lipinski definition) is 2. The van der Waals surface area contributed by atoms with Crippen molar-refractivity contribution < 1.29 is 4.79 Å². The van der Waals surface area contributed by atoms with Crippen LogP contribution in [0.5, 0.6) is 0 Å². The molecule has 3 aliphatic carbocycles. The lowest BCUT2D eigenvalue weighted by atomic mass is 9.65. The van der Waals surface area contributed by atoms with Gasteiger partial charge in [0.15, 0.2) is 0 Å². The Morgan fingerprint density at radius 1 is 1.06 bits per heavy atom. The lowest BCUT2D eigenvalue weighted by Gasteiger charge is -2.43. The zero-order valence-corrected chi connectivity index (χ0v) is 9.82. The number of carbonyl (C=O) groups excluding carboxylic acids is 1. The number of hydrogen-bond acceptors (Lipinski definition) is 2. The highest BCUT2D eigenvalue weighted by Gasteiger charge is 2.41. The summed E-state index contributed by atoms with van der Waals surface area (Å²) in [5, 5.41) is 3.15. The summed E-state index contributed by atoms with van der Waals surface area (Å²) in [7, 11) is 0.